The molecule has 0 heterocycles. The first kappa shape index (κ1) is 19.3. The standard InChI is InChI=1S/C11H25N.C4H11N/c1-3-5-7-8-9-11-12-10-6-4-2;1-3-5-4-2/h12H,3-11H2,1-2H3;5H,3-4H2,1-2H3. The van der Waals surface area contributed by atoms with Gasteiger partial charge in [0.2, 0.25) is 0 Å². The fraction of sp³-hybridized carbons (Fsp3) is 1.00. The quantitative estimate of drug-likeness (QED) is 0.538. The summed E-state index contributed by atoms with van der Waals surface area (Å²) in [5.74, 6) is 0. The summed E-state index contributed by atoms with van der Waals surface area (Å²) in [5.41, 5.74) is 0. The molecule has 2 N–H and O–H groups in total. The first-order chi connectivity index (χ1) is 8.33. The molecule has 0 aromatic rings. The molecule has 2 heteroatoms. The molecule has 0 saturated heterocycles. The molecule has 0 atom stereocenters. The van der Waals surface area contributed by atoms with E-state index < -0.39 is 0 Å². The van der Waals surface area contributed by atoms with E-state index in [1.807, 2.05) is 0 Å². The fourth-order valence-corrected chi connectivity index (χ4v) is 1.53. The zero-order chi connectivity index (χ0) is 13.2. The summed E-state index contributed by atoms with van der Waals surface area (Å²) < 4.78 is 0. The molecule has 0 spiro atoms. The highest BCUT2D eigenvalue weighted by Crippen LogP contribution is 2.00. The van der Waals surface area contributed by atoms with Gasteiger partial charge in [-0.3, -0.25) is 0 Å². The van der Waals surface area contributed by atoms with Crippen LogP contribution in [0.2, 0.25) is 0 Å². The molecular weight excluding hydrogens is 208 g/mol. The van der Waals surface area contributed by atoms with E-state index in [2.05, 4.69) is 38.3 Å². The van der Waals surface area contributed by atoms with Crippen molar-refractivity contribution in [1.29, 1.82) is 0 Å². The smallest absolute Gasteiger partial charge is 0.00489 e. The van der Waals surface area contributed by atoms with Gasteiger partial charge < -0.3 is 10.6 Å². The van der Waals surface area contributed by atoms with E-state index in [9.17, 15) is 0 Å². The summed E-state index contributed by atoms with van der Waals surface area (Å²) in [5, 5.41) is 6.57. The normalized spacial score (nSPS) is 9.88. The minimum atomic E-state index is 1.09. The van der Waals surface area contributed by atoms with E-state index in [1.165, 1.54) is 58.0 Å². The van der Waals surface area contributed by atoms with Crippen LogP contribution in [0.1, 0.15) is 72.6 Å². The molecule has 0 aliphatic carbocycles. The Morgan fingerprint density at radius 2 is 1.06 bits per heavy atom. The van der Waals surface area contributed by atoms with Gasteiger partial charge in [0.1, 0.15) is 0 Å². The van der Waals surface area contributed by atoms with Crippen molar-refractivity contribution in [1.82, 2.24) is 10.6 Å². The van der Waals surface area contributed by atoms with Crippen LogP contribution in [0.4, 0.5) is 0 Å². The SMILES string of the molecule is CCCCCCCNCCCC.CCNCC. The van der Waals surface area contributed by atoms with E-state index in [0.717, 1.165) is 13.1 Å². The van der Waals surface area contributed by atoms with E-state index in [4.69, 9.17) is 0 Å². The summed E-state index contributed by atoms with van der Waals surface area (Å²) in [6.45, 7) is 13.3. The Morgan fingerprint density at radius 1 is 0.529 bits per heavy atom. The van der Waals surface area contributed by atoms with Crippen LogP contribution in [-0.2, 0) is 0 Å². The Kier molecular flexibility index (Phi) is 24.1. The highest BCUT2D eigenvalue weighted by Gasteiger charge is 1.88. The zero-order valence-corrected chi connectivity index (χ0v) is 12.8. The molecule has 0 saturated carbocycles. The molecule has 106 valence electrons. The Hall–Kier alpha value is -0.0800. The van der Waals surface area contributed by atoms with Crippen molar-refractivity contribution in [3.05, 3.63) is 0 Å². The monoisotopic (exact) mass is 244 g/mol. The lowest BCUT2D eigenvalue weighted by Gasteiger charge is -2.02. The summed E-state index contributed by atoms with van der Waals surface area (Å²) in [7, 11) is 0. The lowest BCUT2D eigenvalue weighted by molar-refractivity contribution is 0.572. The second kappa shape index (κ2) is 21.2. The van der Waals surface area contributed by atoms with Gasteiger partial charge in [-0.15, -0.1) is 0 Å². The predicted octanol–water partition coefficient (Wildman–Crippen LogP) is 3.96. The van der Waals surface area contributed by atoms with E-state index >= 15 is 0 Å². The fourth-order valence-electron chi connectivity index (χ4n) is 1.53. The average molecular weight is 244 g/mol. The van der Waals surface area contributed by atoms with Crippen molar-refractivity contribution in [2.45, 2.75) is 72.6 Å². The van der Waals surface area contributed by atoms with Crippen molar-refractivity contribution in [3.63, 3.8) is 0 Å². The molecule has 17 heavy (non-hydrogen) atoms. The Bertz CT molecular complexity index is 93.1. The Balaban J connectivity index is 0. The molecule has 2 nitrogen and oxygen atoms in total. The third-order valence-electron chi connectivity index (χ3n) is 2.66. The zero-order valence-electron chi connectivity index (χ0n) is 12.8. The van der Waals surface area contributed by atoms with Crippen molar-refractivity contribution < 1.29 is 0 Å². The summed E-state index contributed by atoms with van der Waals surface area (Å²) in [4.78, 5) is 0. The Morgan fingerprint density at radius 3 is 1.53 bits per heavy atom. The minimum Gasteiger partial charge on any atom is -0.317 e. The van der Waals surface area contributed by atoms with Gasteiger partial charge in [-0.2, -0.15) is 0 Å². The van der Waals surface area contributed by atoms with Crippen LogP contribution in [0.25, 0.3) is 0 Å². The van der Waals surface area contributed by atoms with Crippen LogP contribution in [0.5, 0.6) is 0 Å². The van der Waals surface area contributed by atoms with E-state index in [0.29, 0.717) is 0 Å². The topological polar surface area (TPSA) is 24.1 Å². The molecule has 0 unspecified atom stereocenters. The maximum atomic E-state index is 3.46. The summed E-state index contributed by atoms with van der Waals surface area (Å²) in [6.07, 6.45) is 9.60. The highest BCUT2D eigenvalue weighted by molar-refractivity contribution is 4.48. The van der Waals surface area contributed by atoms with Crippen LogP contribution in [0, 0.1) is 0 Å². The van der Waals surface area contributed by atoms with Crippen LogP contribution in [-0.4, -0.2) is 26.2 Å². The van der Waals surface area contributed by atoms with Gasteiger partial charge >= 0.3 is 0 Å². The van der Waals surface area contributed by atoms with Crippen LogP contribution in [0.15, 0.2) is 0 Å². The summed E-state index contributed by atoms with van der Waals surface area (Å²) >= 11 is 0. The van der Waals surface area contributed by atoms with Crippen molar-refractivity contribution in [3.8, 4) is 0 Å². The minimum absolute atomic E-state index is 1.09. The molecule has 0 fully saturated rings. The second-order valence-electron chi connectivity index (χ2n) is 4.47. The van der Waals surface area contributed by atoms with Gasteiger partial charge in [-0.25, -0.2) is 0 Å². The maximum absolute atomic E-state index is 3.46. The third-order valence-corrected chi connectivity index (χ3v) is 2.66. The lowest BCUT2D eigenvalue weighted by atomic mass is 10.1. The molecule has 0 aliphatic heterocycles. The van der Waals surface area contributed by atoms with Gasteiger partial charge in [0.05, 0.1) is 0 Å². The first-order valence-electron chi connectivity index (χ1n) is 7.74. The molecule has 0 amide bonds. The van der Waals surface area contributed by atoms with E-state index in [-0.39, 0.29) is 0 Å². The molecule has 0 aliphatic rings. The Labute approximate surface area is 110 Å². The van der Waals surface area contributed by atoms with Crippen LogP contribution < -0.4 is 10.6 Å². The van der Waals surface area contributed by atoms with Gasteiger partial charge in [-0.1, -0.05) is 59.8 Å². The van der Waals surface area contributed by atoms with Gasteiger partial charge in [0.25, 0.3) is 0 Å². The first-order valence-corrected chi connectivity index (χ1v) is 7.74. The highest BCUT2D eigenvalue weighted by atomic mass is 14.8. The van der Waals surface area contributed by atoms with Crippen molar-refractivity contribution >= 4 is 0 Å². The van der Waals surface area contributed by atoms with Crippen LogP contribution >= 0.6 is 0 Å². The van der Waals surface area contributed by atoms with Crippen LogP contribution in [0.3, 0.4) is 0 Å². The number of unbranched alkanes of at least 4 members (excludes halogenated alkanes) is 5. The number of nitrogens with one attached hydrogen (secondary N) is 2. The molecule has 0 rings (SSSR count). The molecule has 0 radical (unpaired) electrons. The molecule has 0 aromatic heterocycles. The third kappa shape index (κ3) is 25.9. The lowest BCUT2D eigenvalue weighted by Crippen LogP contribution is -2.16. The molecular formula is C15H36N2. The maximum Gasteiger partial charge on any atom is -0.00489 e. The van der Waals surface area contributed by atoms with Gasteiger partial charge in [0, 0.05) is 0 Å². The van der Waals surface area contributed by atoms with Gasteiger partial charge in [-0.05, 0) is 39.0 Å². The average Bonchev–Trinajstić information content (AvgIpc) is 2.34. The number of rotatable bonds is 11. The van der Waals surface area contributed by atoms with Crippen molar-refractivity contribution in [2.24, 2.45) is 0 Å². The number of hydrogen-bond acceptors (Lipinski definition) is 2. The molecule has 0 bridgehead atoms. The number of hydrogen-bond donors (Lipinski definition) is 2. The van der Waals surface area contributed by atoms with Gasteiger partial charge in [0.15, 0.2) is 0 Å². The second-order valence-corrected chi connectivity index (χ2v) is 4.47. The van der Waals surface area contributed by atoms with Crippen molar-refractivity contribution in [2.75, 3.05) is 26.2 Å². The summed E-state index contributed by atoms with van der Waals surface area (Å²) in [6, 6.07) is 0. The predicted molar refractivity (Wildman–Crippen MR) is 80.8 cm³/mol. The van der Waals surface area contributed by atoms with E-state index in [1.54, 1.807) is 0 Å². The largest absolute Gasteiger partial charge is 0.317 e. The molecule has 0 aromatic carbocycles.